The molecule has 0 spiro atoms. The van der Waals surface area contributed by atoms with Crippen LogP contribution in [-0.4, -0.2) is 48.5 Å². The Bertz CT molecular complexity index is 926. The monoisotopic (exact) mass is 420 g/mol. The third-order valence-electron chi connectivity index (χ3n) is 6.48. The zero-order valence-corrected chi connectivity index (χ0v) is 18.5. The summed E-state index contributed by atoms with van der Waals surface area (Å²) in [6, 6.07) is 17.7. The summed E-state index contributed by atoms with van der Waals surface area (Å²) in [4.78, 5) is 32.0. The second-order valence-corrected chi connectivity index (χ2v) is 8.62. The smallest absolute Gasteiger partial charge is 0.326 e. The number of rotatable bonds is 7. The number of carbonyl (C=O) groups is 2. The Kier molecular flexibility index (Phi) is 6.28. The number of hydrogen-bond donors (Lipinski definition) is 1. The largest absolute Gasteiger partial charge is 0.371 e. The normalized spacial score (nSPS) is 21.6. The Morgan fingerprint density at radius 3 is 2.35 bits per heavy atom. The summed E-state index contributed by atoms with van der Waals surface area (Å²) in [5.74, 6) is -0.178. The van der Waals surface area contributed by atoms with Crippen LogP contribution in [0.2, 0.25) is 0 Å². The highest BCUT2D eigenvalue weighted by atomic mass is 16.2. The van der Waals surface area contributed by atoms with Crippen molar-refractivity contribution in [1.82, 2.24) is 15.1 Å². The first-order valence-electron chi connectivity index (χ1n) is 11.3. The average molecular weight is 421 g/mol. The lowest BCUT2D eigenvalue weighted by atomic mass is 9.87. The molecule has 164 valence electrons. The van der Waals surface area contributed by atoms with Gasteiger partial charge in [0, 0.05) is 25.3 Å². The first-order valence-corrected chi connectivity index (χ1v) is 11.3. The van der Waals surface area contributed by atoms with Crippen LogP contribution in [0.1, 0.15) is 43.7 Å². The third-order valence-corrected chi connectivity index (χ3v) is 6.48. The molecule has 2 aromatic carbocycles. The fourth-order valence-corrected chi connectivity index (χ4v) is 4.79. The van der Waals surface area contributed by atoms with Gasteiger partial charge < -0.3 is 10.2 Å². The molecule has 2 aliphatic rings. The van der Waals surface area contributed by atoms with Gasteiger partial charge in [-0.1, -0.05) is 55.5 Å². The summed E-state index contributed by atoms with van der Waals surface area (Å²) >= 11 is 0. The molecule has 2 heterocycles. The second-order valence-electron chi connectivity index (χ2n) is 8.62. The maximum absolute atomic E-state index is 13.4. The van der Waals surface area contributed by atoms with Gasteiger partial charge in [-0.15, -0.1) is 0 Å². The molecule has 2 fully saturated rings. The van der Waals surface area contributed by atoms with Gasteiger partial charge in [0.1, 0.15) is 5.54 Å². The zero-order chi connectivity index (χ0) is 21.8. The predicted octanol–water partition coefficient (Wildman–Crippen LogP) is 3.92. The van der Waals surface area contributed by atoms with Gasteiger partial charge in [-0.05, 0) is 49.9 Å². The van der Waals surface area contributed by atoms with Crippen molar-refractivity contribution in [3.63, 3.8) is 0 Å². The molecule has 0 aromatic heterocycles. The Hall–Kier alpha value is -2.86. The van der Waals surface area contributed by atoms with Crippen LogP contribution in [0, 0.1) is 0 Å². The molecular formula is C25H32N4O2. The SMILES string of the molecule is CC[C@]1(c2ccccc2)NC(=O)N(CN(C)Cc2ccccc2N2CCCCC2)C1=O. The molecule has 6 heteroatoms. The lowest BCUT2D eigenvalue weighted by Gasteiger charge is -2.32. The van der Waals surface area contributed by atoms with E-state index in [4.69, 9.17) is 0 Å². The fourth-order valence-electron chi connectivity index (χ4n) is 4.79. The van der Waals surface area contributed by atoms with Gasteiger partial charge in [0.15, 0.2) is 0 Å². The third kappa shape index (κ3) is 4.17. The van der Waals surface area contributed by atoms with E-state index in [1.165, 1.54) is 35.4 Å². The molecule has 0 radical (unpaired) electrons. The van der Waals surface area contributed by atoms with E-state index in [9.17, 15) is 9.59 Å². The van der Waals surface area contributed by atoms with Gasteiger partial charge in [0.2, 0.25) is 0 Å². The van der Waals surface area contributed by atoms with Crippen molar-refractivity contribution in [1.29, 1.82) is 0 Å². The number of nitrogens with one attached hydrogen (secondary N) is 1. The molecule has 0 aliphatic carbocycles. The number of carbonyl (C=O) groups excluding carboxylic acids is 2. The molecule has 0 saturated carbocycles. The molecule has 1 atom stereocenters. The lowest BCUT2D eigenvalue weighted by Crippen LogP contribution is -2.44. The minimum absolute atomic E-state index is 0.178. The van der Waals surface area contributed by atoms with Crippen molar-refractivity contribution in [2.45, 2.75) is 44.7 Å². The molecule has 2 saturated heterocycles. The molecular weight excluding hydrogens is 388 g/mol. The first kappa shape index (κ1) is 21.4. The summed E-state index contributed by atoms with van der Waals surface area (Å²) in [6.45, 7) is 5.04. The maximum Gasteiger partial charge on any atom is 0.326 e. The van der Waals surface area contributed by atoms with E-state index in [1.807, 2.05) is 49.2 Å². The number of nitrogens with zero attached hydrogens (tertiary/aromatic N) is 3. The van der Waals surface area contributed by atoms with Crippen molar-refractivity contribution >= 4 is 17.6 Å². The molecule has 2 aliphatic heterocycles. The Morgan fingerprint density at radius 1 is 0.968 bits per heavy atom. The highest BCUT2D eigenvalue weighted by Crippen LogP contribution is 2.32. The molecule has 2 aromatic rings. The van der Waals surface area contributed by atoms with E-state index in [1.54, 1.807) is 0 Å². The van der Waals surface area contributed by atoms with Crippen LogP contribution < -0.4 is 10.2 Å². The number of piperidine rings is 1. The quantitative estimate of drug-likeness (QED) is 0.690. The highest BCUT2D eigenvalue weighted by Gasteiger charge is 2.51. The molecule has 1 N–H and O–H groups in total. The minimum Gasteiger partial charge on any atom is -0.371 e. The summed E-state index contributed by atoms with van der Waals surface area (Å²) < 4.78 is 0. The van der Waals surface area contributed by atoms with Crippen LogP contribution in [0.3, 0.4) is 0 Å². The van der Waals surface area contributed by atoms with E-state index >= 15 is 0 Å². The Morgan fingerprint density at radius 2 is 1.65 bits per heavy atom. The van der Waals surface area contributed by atoms with Gasteiger partial charge in [0.05, 0.1) is 6.67 Å². The predicted molar refractivity (Wildman–Crippen MR) is 123 cm³/mol. The molecule has 6 nitrogen and oxygen atoms in total. The van der Waals surface area contributed by atoms with Crippen LogP contribution in [0.4, 0.5) is 10.5 Å². The van der Waals surface area contributed by atoms with Gasteiger partial charge in [-0.3, -0.25) is 9.69 Å². The van der Waals surface area contributed by atoms with Gasteiger partial charge in [-0.2, -0.15) is 0 Å². The number of anilines is 1. The number of hydrogen-bond acceptors (Lipinski definition) is 4. The van der Waals surface area contributed by atoms with E-state index < -0.39 is 5.54 Å². The number of imide groups is 1. The Labute approximate surface area is 184 Å². The molecule has 4 rings (SSSR count). The van der Waals surface area contributed by atoms with Crippen molar-refractivity contribution < 1.29 is 9.59 Å². The fraction of sp³-hybridized carbons (Fsp3) is 0.440. The van der Waals surface area contributed by atoms with Gasteiger partial charge in [-0.25, -0.2) is 9.69 Å². The lowest BCUT2D eigenvalue weighted by molar-refractivity contribution is -0.133. The standard InChI is InChI=1S/C25H32N4O2/c1-3-25(21-13-6-4-7-14-21)23(30)29(24(31)26-25)19-27(2)18-20-12-8-9-15-22(20)28-16-10-5-11-17-28/h4,6-9,12-15H,3,5,10-11,16-19H2,1-2H3,(H,26,31)/t25-/m1/s1. The van der Waals surface area contributed by atoms with Crippen LogP contribution >= 0.6 is 0 Å². The van der Waals surface area contributed by atoms with Crippen molar-refractivity contribution in [3.05, 3.63) is 65.7 Å². The maximum atomic E-state index is 13.4. The molecule has 0 unspecified atom stereocenters. The number of benzene rings is 2. The van der Waals surface area contributed by atoms with Crippen LogP contribution in [0.5, 0.6) is 0 Å². The summed E-state index contributed by atoms with van der Waals surface area (Å²) in [5, 5.41) is 2.97. The summed E-state index contributed by atoms with van der Waals surface area (Å²) in [6.07, 6.45) is 4.27. The Balaban J connectivity index is 1.49. The highest BCUT2D eigenvalue weighted by molar-refractivity contribution is 6.07. The van der Waals surface area contributed by atoms with E-state index in [0.717, 1.165) is 18.7 Å². The van der Waals surface area contributed by atoms with Gasteiger partial charge in [0.25, 0.3) is 5.91 Å². The van der Waals surface area contributed by atoms with E-state index in [-0.39, 0.29) is 18.6 Å². The summed E-state index contributed by atoms with van der Waals surface area (Å²) in [7, 11) is 1.96. The van der Waals surface area contributed by atoms with Gasteiger partial charge >= 0.3 is 6.03 Å². The number of amides is 3. The topological polar surface area (TPSA) is 55.9 Å². The van der Waals surface area contributed by atoms with Crippen LogP contribution in [0.15, 0.2) is 54.6 Å². The zero-order valence-electron chi connectivity index (χ0n) is 18.5. The minimum atomic E-state index is -0.981. The number of urea groups is 1. The van der Waals surface area contributed by atoms with E-state index in [2.05, 4.69) is 34.5 Å². The van der Waals surface area contributed by atoms with Crippen molar-refractivity contribution in [2.24, 2.45) is 0 Å². The van der Waals surface area contributed by atoms with E-state index in [0.29, 0.717) is 13.0 Å². The molecule has 0 bridgehead atoms. The molecule has 3 amide bonds. The average Bonchev–Trinajstić information content (AvgIpc) is 3.05. The number of para-hydroxylation sites is 1. The summed E-state index contributed by atoms with van der Waals surface area (Å²) in [5.41, 5.74) is 2.34. The molecule has 31 heavy (non-hydrogen) atoms. The van der Waals surface area contributed by atoms with Crippen molar-refractivity contribution in [3.8, 4) is 0 Å². The second kappa shape index (κ2) is 9.10. The van der Waals surface area contributed by atoms with Crippen LogP contribution in [-0.2, 0) is 16.9 Å². The van der Waals surface area contributed by atoms with Crippen molar-refractivity contribution in [2.75, 3.05) is 31.7 Å². The first-order chi connectivity index (χ1) is 15.0. The van der Waals surface area contributed by atoms with Crippen LogP contribution in [0.25, 0.3) is 0 Å².